The van der Waals surface area contributed by atoms with Crippen molar-refractivity contribution in [1.29, 1.82) is 0 Å². The van der Waals surface area contributed by atoms with Gasteiger partial charge in [-0.25, -0.2) is 4.39 Å². The van der Waals surface area contributed by atoms with Gasteiger partial charge >= 0.3 is 0 Å². The molecule has 1 nitrogen and oxygen atoms in total. The van der Waals surface area contributed by atoms with Crippen molar-refractivity contribution in [3.63, 3.8) is 0 Å². The average Bonchev–Trinajstić information content (AvgIpc) is 2.06. The van der Waals surface area contributed by atoms with Crippen LogP contribution in [0.5, 0.6) is 0 Å². The number of hydrogen-bond acceptors (Lipinski definition) is 1. The molecule has 0 saturated heterocycles. The summed E-state index contributed by atoms with van der Waals surface area (Å²) in [4.78, 5) is 0. The van der Waals surface area contributed by atoms with E-state index in [2.05, 4.69) is 0 Å². The Labute approximate surface area is 75.1 Å². The van der Waals surface area contributed by atoms with E-state index in [1.807, 2.05) is 0 Å². The lowest BCUT2D eigenvalue weighted by Gasteiger charge is -2.01. The van der Waals surface area contributed by atoms with Gasteiger partial charge in [0.2, 0.25) is 0 Å². The molecule has 0 amide bonds. The molecule has 1 aromatic carbocycles. The first-order chi connectivity index (χ1) is 5.74. The molecule has 3 heteroatoms. The number of benzene rings is 1. The smallest absolute Gasteiger partial charge is 0.147 e. The highest BCUT2D eigenvalue weighted by atomic mass is 35.5. The highest BCUT2D eigenvalue weighted by molar-refractivity contribution is 6.30. The van der Waals surface area contributed by atoms with E-state index in [0.717, 1.165) is 6.08 Å². The summed E-state index contributed by atoms with van der Waals surface area (Å²) >= 11 is 5.60. The Kier molecular flexibility index (Phi) is 3.11. The van der Waals surface area contributed by atoms with E-state index in [1.54, 1.807) is 24.3 Å². The molecule has 0 spiro atoms. The van der Waals surface area contributed by atoms with Crippen molar-refractivity contribution in [3.8, 4) is 0 Å². The lowest BCUT2D eigenvalue weighted by Crippen LogP contribution is -1.85. The number of aliphatic hydroxyl groups is 1. The second-order valence-corrected chi connectivity index (χ2v) is 2.73. The molecule has 0 radical (unpaired) electrons. The molecule has 1 rings (SSSR count). The van der Waals surface area contributed by atoms with Crippen molar-refractivity contribution in [2.45, 2.75) is 6.17 Å². The third-order valence-electron chi connectivity index (χ3n) is 1.44. The molecule has 0 aliphatic carbocycles. The van der Waals surface area contributed by atoms with Gasteiger partial charge in [0.05, 0.1) is 6.26 Å². The maximum Gasteiger partial charge on any atom is 0.147 e. The second kappa shape index (κ2) is 4.12. The molecular formula is C9H8ClFO. The number of rotatable bonds is 2. The lowest BCUT2D eigenvalue weighted by molar-refractivity contribution is 0.396. The monoisotopic (exact) mass is 186 g/mol. The Morgan fingerprint density at radius 3 is 2.42 bits per heavy atom. The Bertz CT molecular complexity index is 268. The van der Waals surface area contributed by atoms with Gasteiger partial charge in [0, 0.05) is 5.02 Å². The predicted molar refractivity (Wildman–Crippen MR) is 47.1 cm³/mol. The summed E-state index contributed by atoms with van der Waals surface area (Å²) < 4.78 is 13.0. The maximum absolute atomic E-state index is 13.0. The van der Waals surface area contributed by atoms with Gasteiger partial charge in [-0.05, 0) is 23.8 Å². The van der Waals surface area contributed by atoms with E-state index in [9.17, 15) is 4.39 Å². The van der Waals surface area contributed by atoms with Gasteiger partial charge < -0.3 is 5.11 Å². The summed E-state index contributed by atoms with van der Waals surface area (Å²) in [7, 11) is 0. The standard InChI is InChI=1S/C9H8ClFO/c10-8-3-1-7(2-4-8)9(11)5-6-12/h1-6,9,12H/b6-5+. The van der Waals surface area contributed by atoms with Crippen LogP contribution in [-0.2, 0) is 0 Å². The minimum Gasteiger partial charge on any atom is -0.516 e. The Balaban J connectivity index is 2.82. The number of allylic oxidation sites excluding steroid dienone is 1. The van der Waals surface area contributed by atoms with Crippen molar-refractivity contribution < 1.29 is 9.50 Å². The highest BCUT2D eigenvalue weighted by Crippen LogP contribution is 2.20. The first-order valence-corrected chi connectivity index (χ1v) is 3.82. The first-order valence-electron chi connectivity index (χ1n) is 3.44. The van der Waals surface area contributed by atoms with Gasteiger partial charge in [-0.1, -0.05) is 23.7 Å². The van der Waals surface area contributed by atoms with Gasteiger partial charge in [0.15, 0.2) is 0 Å². The molecule has 0 saturated carbocycles. The molecule has 64 valence electrons. The van der Waals surface area contributed by atoms with Crippen LogP contribution in [0.2, 0.25) is 5.02 Å². The Morgan fingerprint density at radius 2 is 1.92 bits per heavy atom. The molecule has 0 heterocycles. The van der Waals surface area contributed by atoms with E-state index in [0.29, 0.717) is 16.8 Å². The Morgan fingerprint density at radius 1 is 1.33 bits per heavy atom. The molecule has 1 aromatic rings. The van der Waals surface area contributed by atoms with Crippen LogP contribution in [-0.4, -0.2) is 5.11 Å². The third kappa shape index (κ3) is 2.24. The topological polar surface area (TPSA) is 20.2 Å². The molecule has 0 fully saturated rings. The molecule has 1 N–H and O–H groups in total. The predicted octanol–water partition coefficient (Wildman–Crippen LogP) is 3.42. The number of alkyl halides is 1. The zero-order valence-electron chi connectivity index (χ0n) is 6.24. The quantitative estimate of drug-likeness (QED) is 0.702. The number of hydrogen-bond donors (Lipinski definition) is 1. The first kappa shape index (κ1) is 9.07. The van der Waals surface area contributed by atoms with Gasteiger partial charge in [-0.15, -0.1) is 0 Å². The van der Waals surface area contributed by atoms with E-state index >= 15 is 0 Å². The fourth-order valence-electron chi connectivity index (χ4n) is 0.833. The normalized spacial score (nSPS) is 13.5. The summed E-state index contributed by atoms with van der Waals surface area (Å²) in [5, 5.41) is 8.87. The number of aliphatic hydroxyl groups excluding tert-OH is 1. The lowest BCUT2D eigenvalue weighted by atomic mass is 10.1. The SMILES string of the molecule is O/C=C/C(F)c1ccc(Cl)cc1. The van der Waals surface area contributed by atoms with Crippen molar-refractivity contribution >= 4 is 11.6 Å². The molecule has 0 aliphatic rings. The summed E-state index contributed by atoms with van der Waals surface area (Å²) in [6.45, 7) is 0. The van der Waals surface area contributed by atoms with E-state index in [1.165, 1.54) is 0 Å². The summed E-state index contributed by atoms with van der Waals surface area (Å²) in [5.74, 6) is 0. The largest absolute Gasteiger partial charge is 0.516 e. The number of halogens is 2. The highest BCUT2D eigenvalue weighted by Gasteiger charge is 2.03. The van der Waals surface area contributed by atoms with Crippen molar-refractivity contribution in [2.75, 3.05) is 0 Å². The van der Waals surface area contributed by atoms with Gasteiger partial charge in [-0.2, -0.15) is 0 Å². The second-order valence-electron chi connectivity index (χ2n) is 2.29. The van der Waals surface area contributed by atoms with Crippen LogP contribution in [0.1, 0.15) is 11.7 Å². The molecule has 0 aliphatic heterocycles. The molecule has 0 aromatic heterocycles. The average molecular weight is 187 g/mol. The minimum absolute atomic E-state index is 0.477. The zero-order valence-corrected chi connectivity index (χ0v) is 7.00. The van der Waals surface area contributed by atoms with Crippen LogP contribution in [0.15, 0.2) is 36.6 Å². The van der Waals surface area contributed by atoms with Crippen LogP contribution in [0, 0.1) is 0 Å². The van der Waals surface area contributed by atoms with Gasteiger partial charge in [0.1, 0.15) is 6.17 Å². The van der Waals surface area contributed by atoms with Crippen LogP contribution in [0.4, 0.5) is 4.39 Å². The molecule has 12 heavy (non-hydrogen) atoms. The van der Waals surface area contributed by atoms with E-state index in [4.69, 9.17) is 16.7 Å². The molecule has 1 unspecified atom stereocenters. The van der Waals surface area contributed by atoms with Crippen LogP contribution in [0.25, 0.3) is 0 Å². The van der Waals surface area contributed by atoms with E-state index < -0.39 is 6.17 Å². The van der Waals surface area contributed by atoms with Crippen molar-refractivity contribution in [1.82, 2.24) is 0 Å². The maximum atomic E-state index is 13.0. The summed E-state index contributed by atoms with van der Waals surface area (Å²) in [5.41, 5.74) is 0.477. The van der Waals surface area contributed by atoms with E-state index in [-0.39, 0.29) is 0 Å². The van der Waals surface area contributed by atoms with Crippen LogP contribution >= 0.6 is 11.6 Å². The summed E-state index contributed by atoms with van der Waals surface area (Å²) in [6, 6.07) is 6.36. The van der Waals surface area contributed by atoms with Crippen LogP contribution < -0.4 is 0 Å². The summed E-state index contributed by atoms with van der Waals surface area (Å²) in [6.07, 6.45) is 0.481. The molecular weight excluding hydrogens is 179 g/mol. The van der Waals surface area contributed by atoms with Gasteiger partial charge in [-0.3, -0.25) is 0 Å². The third-order valence-corrected chi connectivity index (χ3v) is 1.70. The van der Waals surface area contributed by atoms with Crippen LogP contribution in [0.3, 0.4) is 0 Å². The van der Waals surface area contributed by atoms with Crippen molar-refractivity contribution in [3.05, 3.63) is 47.2 Å². The fourth-order valence-corrected chi connectivity index (χ4v) is 0.959. The van der Waals surface area contributed by atoms with Crippen molar-refractivity contribution in [2.24, 2.45) is 0 Å². The fraction of sp³-hybridized carbons (Fsp3) is 0.111. The minimum atomic E-state index is -1.27. The Hall–Kier alpha value is -1.02. The van der Waals surface area contributed by atoms with Gasteiger partial charge in [0.25, 0.3) is 0 Å². The zero-order chi connectivity index (χ0) is 8.97. The molecule has 1 atom stereocenters. The molecule has 0 bridgehead atoms.